The molecule has 1 aromatic heterocycles. The van der Waals surface area contributed by atoms with Crippen molar-refractivity contribution in [1.82, 2.24) is 14.2 Å². The third-order valence-electron chi connectivity index (χ3n) is 7.39. The van der Waals surface area contributed by atoms with Gasteiger partial charge in [0.15, 0.2) is 0 Å². The highest BCUT2D eigenvalue weighted by atomic mass is 32.2. The molecular formula is C28H38N4O5S. The molecule has 3 aromatic rings. The van der Waals surface area contributed by atoms with Gasteiger partial charge in [-0.3, -0.25) is 4.79 Å². The Kier molecular flexibility index (Phi) is 7.76. The maximum absolute atomic E-state index is 13.6. The van der Waals surface area contributed by atoms with E-state index in [4.69, 9.17) is 9.47 Å². The second kappa shape index (κ2) is 11.1. The molecule has 3 heterocycles. The van der Waals surface area contributed by atoms with Crippen molar-refractivity contribution in [3.63, 3.8) is 0 Å². The minimum Gasteiger partial charge on any atom is -0.382 e. The molecule has 0 aliphatic carbocycles. The van der Waals surface area contributed by atoms with Crippen LogP contribution in [0.15, 0.2) is 47.4 Å². The molecule has 38 heavy (non-hydrogen) atoms. The first-order chi connectivity index (χ1) is 18.3. The number of hydrogen-bond donors (Lipinski definition) is 1. The van der Waals surface area contributed by atoms with Crippen LogP contribution in [0.3, 0.4) is 0 Å². The van der Waals surface area contributed by atoms with Crippen molar-refractivity contribution < 1.29 is 24.1 Å². The van der Waals surface area contributed by atoms with Crippen LogP contribution in [0.4, 0.5) is 5.69 Å². The summed E-state index contributed by atoms with van der Waals surface area (Å²) in [5.41, 5.74) is 4.90. The summed E-state index contributed by atoms with van der Waals surface area (Å²) in [6, 6.07) is 13.6. The number of benzene rings is 2. The molecular weight excluding hydrogens is 504 g/mol. The summed E-state index contributed by atoms with van der Waals surface area (Å²) >= 11 is 0. The van der Waals surface area contributed by atoms with Gasteiger partial charge in [0.2, 0.25) is 15.9 Å². The van der Waals surface area contributed by atoms with Crippen molar-refractivity contribution in [3.8, 4) is 11.3 Å². The fraction of sp³-hybridized carbons (Fsp3) is 0.464. The van der Waals surface area contributed by atoms with E-state index in [2.05, 4.69) is 41.1 Å². The monoisotopic (exact) mass is 542 g/mol. The van der Waals surface area contributed by atoms with Crippen LogP contribution >= 0.6 is 0 Å². The lowest BCUT2D eigenvalue weighted by molar-refractivity contribution is -0.140. The van der Waals surface area contributed by atoms with Crippen molar-refractivity contribution in [2.45, 2.75) is 30.8 Å². The van der Waals surface area contributed by atoms with Crippen LogP contribution in [0.2, 0.25) is 0 Å². The average molecular weight is 543 g/mol. The molecule has 2 saturated heterocycles. The molecule has 0 radical (unpaired) electrons. The number of anilines is 1. The van der Waals surface area contributed by atoms with Crippen LogP contribution in [0, 0.1) is 6.92 Å². The lowest BCUT2D eigenvalue weighted by Gasteiger charge is -2.33. The number of nitrogens with one attached hydrogen (secondary N) is 1. The number of hydrogen-bond acceptors (Lipinski definition) is 6. The van der Waals surface area contributed by atoms with E-state index in [-0.39, 0.29) is 24.9 Å². The molecule has 5 rings (SSSR count). The van der Waals surface area contributed by atoms with Crippen molar-refractivity contribution in [3.05, 3.63) is 48.0 Å². The Balaban J connectivity index is 0.00000353. The SMILES string of the molecule is COC[C@@H]1CN(C(=O)CN(C)S(=O)(=O)c2ccc(N3CCCC3)c(-c3cc4ccc(C)cc4[nH]3)c2)CCO1.[HH]. The predicted molar refractivity (Wildman–Crippen MR) is 150 cm³/mol. The number of likely N-dealkylation sites (N-methyl/N-ethyl adjacent to an activating group) is 1. The highest BCUT2D eigenvalue weighted by Gasteiger charge is 2.30. The molecule has 0 bridgehead atoms. The van der Waals surface area contributed by atoms with Crippen LogP contribution in [-0.4, -0.2) is 94.7 Å². The Bertz CT molecular complexity index is 1420. The zero-order valence-electron chi connectivity index (χ0n) is 22.3. The Morgan fingerprint density at radius 3 is 2.71 bits per heavy atom. The molecule has 2 aliphatic rings. The van der Waals surface area contributed by atoms with Gasteiger partial charge in [0.25, 0.3) is 0 Å². The molecule has 10 heteroatoms. The Morgan fingerprint density at radius 2 is 1.95 bits per heavy atom. The fourth-order valence-electron chi connectivity index (χ4n) is 5.30. The van der Waals surface area contributed by atoms with Crippen molar-refractivity contribution in [2.75, 3.05) is 65.0 Å². The summed E-state index contributed by atoms with van der Waals surface area (Å²) < 4.78 is 39.2. The number of ether oxygens (including phenoxy) is 2. The van der Waals surface area contributed by atoms with E-state index in [1.165, 1.54) is 7.05 Å². The molecule has 9 nitrogen and oxygen atoms in total. The summed E-state index contributed by atoms with van der Waals surface area (Å²) in [6.07, 6.45) is 2.02. The molecule has 1 amide bonds. The van der Waals surface area contributed by atoms with Gasteiger partial charge in [-0.1, -0.05) is 12.1 Å². The summed E-state index contributed by atoms with van der Waals surface area (Å²) in [7, 11) is -0.860. The Hall–Kier alpha value is -2.92. The fourth-order valence-corrected chi connectivity index (χ4v) is 6.45. The van der Waals surface area contributed by atoms with E-state index in [1.54, 1.807) is 24.1 Å². The number of amides is 1. The zero-order valence-corrected chi connectivity index (χ0v) is 23.1. The Morgan fingerprint density at radius 1 is 1.16 bits per heavy atom. The molecule has 0 spiro atoms. The van der Waals surface area contributed by atoms with Crippen molar-refractivity contribution >= 4 is 32.5 Å². The lowest BCUT2D eigenvalue weighted by Crippen LogP contribution is -2.50. The molecule has 1 atom stereocenters. The standard InChI is InChI=1S/C28H36N4O5S.H2/c1-20-6-7-21-15-26(29-25(21)14-20)24-16-23(8-9-27(24)31-10-4-5-11-31)38(34,35)30(2)18-28(33)32-12-13-37-22(17-32)19-36-3;/h6-9,14-16,22,29H,4-5,10-13,17-19H2,1-3H3;1H/t22-;/m0./s1. The Labute approximate surface area is 225 Å². The summed E-state index contributed by atoms with van der Waals surface area (Å²) in [4.78, 5) is 20.6. The van der Waals surface area contributed by atoms with Gasteiger partial charge in [-0.15, -0.1) is 0 Å². The second-order valence-electron chi connectivity index (χ2n) is 10.2. The van der Waals surface area contributed by atoms with E-state index < -0.39 is 10.0 Å². The largest absolute Gasteiger partial charge is 0.382 e. The molecule has 0 saturated carbocycles. The molecule has 2 fully saturated rings. The molecule has 1 N–H and O–H groups in total. The smallest absolute Gasteiger partial charge is 0.243 e. The molecule has 206 valence electrons. The summed E-state index contributed by atoms with van der Waals surface area (Å²) in [5, 5.41) is 1.08. The molecule has 2 aromatic carbocycles. The number of carbonyl (C=O) groups is 1. The van der Waals surface area contributed by atoms with E-state index in [0.717, 1.165) is 63.6 Å². The maximum Gasteiger partial charge on any atom is 0.243 e. The minimum absolute atomic E-state index is 0. The van der Waals surface area contributed by atoms with Crippen LogP contribution < -0.4 is 4.90 Å². The van der Waals surface area contributed by atoms with E-state index >= 15 is 0 Å². The number of fused-ring (bicyclic) bond motifs is 1. The van der Waals surface area contributed by atoms with Gasteiger partial charge in [0.05, 0.1) is 30.8 Å². The van der Waals surface area contributed by atoms with Gasteiger partial charge in [0.1, 0.15) is 0 Å². The maximum atomic E-state index is 13.6. The average Bonchev–Trinajstić information content (AvgIpc) is 3.59. The topological polar surface area (TPSA) is 95.2 Å². The second-order valence-corrected chi connectivity index (χ2v) is 12.2. The number of nitrogens with zero attached hydrogens (tertiary/aromatic N) is 3. The highest BCUT2D eigenvalue weighted by molar-refractivity contribution is 7.89. The number of sulfonamides is 1. The van der Waals surface area contributed by atoms with E-state index in [0.29, 0.717) is 26.3 Å². The lowest BCUT2D eigenvalue weighted by atomic mass is 10.1. The van der Waals surface area contributed by atoms with Crippen molar-refractivity contribution in [2.24, 2.45) is 0 Å². The number of rotatable bonds is 8. The number of carbonyl (C=O) groups excluding carboxylic acids is 1. The van der Waals surface area contributed by atoms with Gasteiger partial charge >= 0.3 is 0 Å². The highest BCUT2D eigenvalue weighted by Crippen LogP contribution is 2.36. The molecule has 2 aliphatic heterocycles. The number of H-pyrrole nitrogens is 1. The van der Waals surface area contributed by atoms with Gasteiger partial charge in [-0.25, -0.2) is 8.42 Å². The first kappa shape index (κ1) is 26.7. The van der Waals surface area contributed by atoms with Gasteiger partial charge in [-0.05, 0) is 55.7 Å². The van der Waals surface area contributed by atoms with Crippen LogP contribution in [-0.2, 0) is 24.3 Å². The van der Waals surface area contributed by atoms with Gasteiger partial charge < -0.3 is 24.3 Å². The van der Waals surface area contributed by atoms with E-state index in [9.17, 15) is 13.2 Å². The van der Waals surface area contributed by atoms with Gasteiger partial charge in [-0.2, -0.15) is 4.31 Å². The first-order valence-corrected chi connectivity index (χ1v) is 14.5. The predicted octanol–water partition coefficient (Wildman–Crippen LogP) is 3.48. The van der Waals surface area contributed by atoms with Crippen LogP contribution in [0.1, 0.15) is 19.8 Å². The zero-order chi connectivity index (χ0) is 26.9. The minimum atomic E-state index is -3.91. The number of morpholine rings is 1. The van der Waals surface area contributed by atoms with Crippen LogP contribution in [0.25, 0.3) is 22.2 Å². The third-order valence-corrected chi connectivity index (χ3v) is 9.19. The summed E-state index contributed by atoms with van der Waals surface area (Å²) in [6.45, 7) is 5.30. The number of aromatic amines is 1. The van der Waals surface area contributed by atoms with Crippen LogP contribution in [0.5, 0.6) is 0 Å². The van der Waals surface area contributed by atoms with Gasteiger partial charge in [0, 0.05) is 69.6 Å². The first-order valence-electron chi connectivity index (χ1n) is 13.1. The van der Waals surface area contributed by atoms with E-state index in [1.807, 2.05) is 6.07 Å². The number of methoxy groups -OCH3 is 1. The quantitative estimate of drug-likeness (QED) is 0.468. The summed E-state index contributed by atoms with van der Waals surface area (Å²) in [5.74, 6) is -0.250. The normalized spacial score (nSPS) is 18.6. The number of aryl methyl sites for hydroxylation is 1. The third kappa shape index (κ3) is 5.44. The van der Waals surface area contributed by atoms with Crippen molar-refractivity contribution in [1.29, 1.82) is 0 Å². The molecule has 0 unspecified atom stereocenters. The number of aromatic nitrogens is 1.